The van der Waals surface area contributed by atoms with Crippen molar-refractivity contribution in [2.45, 2.75) is 20.0 Å². The quantitative estimate of drug-likeness (QED) is 0.882. The Hall–Kier alpha value is -0.880. The van der Waals surface area contributed by atoms with Crippen molar-refractivity contribution >= 4 is 34.8 Å². The van der Waals surface area contributed by atoms with Gasteiger partial charge in [-0.25, -0.2) is 4.98 Å². The van der Waals surface area contributed by atoms with E-state index in [1.165, 1.54) is 6.07 Å². The van der Waals surface area contributed by atoms with Gasteiger partial charge >= 0.3 is 6.18 Å². The minimum absolute atomic E-state index is 0.0711. The molecule has 0 spiro atoms. The van der Waals surface area contributed by atoms with Crippen molar-refractivity contribution in [1.82, 2.24) is 4.98 Å². The second-order valence-corrected chi connectivity index (χ2v) is 4.60. The molecule has 0 fully saturated rings. The highest BCUT2D eigenvalue weighted by atomic mass is 35.5. The lowest BCUT2D eigenvalue weighted by Gasteiger charge is -2.25. The fourth-order valence-corrected chi connectivity index (χ4v) is 2.07. The van der Waals surface area contributed by atoms with Crippen molar-refractivity contribution in [2.75, 3.05) is 29.9 Å². The van der Waals surface area contributed by atoms with Gasteiger partial charge < -0.3 is 10.2 Å². The molecule has 1 aromatic heterocycles. The van der Waals surface area contributed by atoms with Crippen LogP contribution in [0.15, 0.2) is 6.07 Å². The molecule has 8 heteroatoms. The summed E-state index contributed by atoms with van der Waals surface area (Å²) in [6.07, 6.45) is -4.32. The molecule has 108 valence electrons. The summed E-state index contributed by atoms with van der Waals surface area (Å²) in [7, 11) is 0. The SMILES string of the molecule is CCNc1nc(N(CC)CC(F)(F)F)c(Cl)cc1Cl. The van der Waals surface area contributed by atoms with Crippen molar-refractivity contribution in [3.05, 3.63) is 16.1 Å². The lowest BCUT2D eigenvalue weighted by Crippen LogP contribution is -2.35. The molecule has 0 aliphatic heterocycles. The number of nitrogens with zero attached hydrogens (tertiary/aromatic N) is 2. The largest absolute Gasteiger partial charge is 0.405 e. The number of rotatable bonds is 5. The Balaban J connectivity index is 3.12. The van der Waals surface area contributed by atoms with Gasteiger partial charge in [0.15, 0.2) is 0 Å². The standard InChI is InChI=1S/C11H14Cl2F3N3/c1-3-17-9-7(12)5-8(13)10(18-9)19(4-2)6-11(14,15)16/h5H,3-4,6H2,1-2H3,(H,17,18). The molecule has 0 radical (unpaired) electrons. The first-order chi connectivity index (χ1) is 8.78. The van der Waals surface area contributed by atoms with Crippen molar-refractivity contribution in [3.63, 3.8) is 0 Å². The molecular formula is C11H14Cl2F3N3. The van der Waals surface area contributed by atoms with Crippen LogP contribution in [-0.2, 0) is 0 Å². The summed E-state index contributed by atoms with van der Waals surface area (Å²) in [5.41, 5.74) is 0. The molecule has 0 bridgehead atoms. The Morgan fingerprint density at radius 2 is 1.89 bits per heavy atom. The molecule has 0 saturated heterocycles. The predicted molar refractivity (Wildman–Crippen MR) is 72.4 cm³/mol. The molecule has 1 heterocycles. The molecular weight excluding hydrogens is 302 g/mol. The van der Waals surface area contributed by atoms with E-state index in [-0.39, 0.29) is 22.4 Å². The molecule has 1 N–H and O–H groups in total. The van der Waals surface area contributed by atoms with Crippen molar-refractivity contribution in [2.24, 2.45) is 0 Å². The van der Waals surface area contributed by atoms with Crippen LogP contribution in [0.5, 0.6) is 0 Å². The van der Waals surface area contributed by atoms with Gasteiger partial charge in [-0.1, -0.05) is 23.2 Å². The van der Waals surface area contributed by atoms with E-state index in [2.05, 4.69) is 10.3 Å². The van der Waals surface area contributed by atoms with Crippen LogP contribution in [0.4, 0.5) is 24.8 Å². The lowest BCUT2D eigenvalue weighted by atomic mass is 10.3. The second kappa shape index (κ2) is 6.52. The summed E-state index contributed by atoms with van der Waals surface area (Å²) in [6, 6.07) is 1.39. The van der Waals surface area contributed by atoms with Gasteiger partial charge in [-0.3, -0.25) is 0 Å². The van der Waals surface area contributed by atoms with Gasteiger partial charge in [0.25, 0.3) is 0 Å². The zero-order valence-corrected chi connectivity index (χ0v) is 12.0. The van der Waals surface area contributed by atoms with Crippen molar-refractivity contribution in [3.8, 4) is 0 Å². The number of anilines is 2. The number of nitrogens with one attached hydrogen (secondary N) is 1. The molecule has 0 saturated carbocycles. The Labute approximate surface area is 119 Å². The van der Waals surface area contributed by atoms with Gasteiger partial charge in [-0.15, -0.1) is 0 Å². The van der Waals surface area contributed by atoms with E-state index in [9.17, 15) is 13.2 Å². The van der Waals surface area contributed by atoms with Crippen LogP contribution >= 0.6 is 23.2 Å². The van der Waals surface area contributed by atoms with E-state index in [0.717, 1.165) is 4.90 Å². The van der Waals surface area contributed by atoms with Crippen LogP contribution < -0.4 is 10.2 Å². The normalized spacial score (nSPS) is 11.5. The van der Waals surface area contributed by atoms with E-state index in [1.807, 2.05) is 6.92 Å². The number of hydrogen-bond acceptors (Lipinski definition) is 3. The van der Waals surface area contributed by atoms with Gasteiger partial charge in [0.2, 0.25) is 0 Å². The van der Waals surface area contributed by atoms with Crippen LogP contribution in [0, 0.1) is 0 Å². The zero-order chi connectivity index (χ0) is 14.6. The van der Waals surface area contributed by atoms with Gasteiger partial charge in [-0.05, 0) is 19.9 Å². The van der Waals surface area contributed by atoms with Crippen LogP contribution in [0.2, 0.25) is 10.0 Å². The molecule has 0 unspecified atom stereocenters. The summed E-state index contributed by atoms with van der Waals surface area (Å²) in [5.74, 6) is 0.394. The minimum Gasteiger partial charge on any atom is -0.369 e. The average Bonchev–Trinajstić information content (AvgIpc) is 2.29. The molecule has 0 atom stereocenters. The summed E-state index contributed by atoms with van der Waals surface area (Å²) >= 11 is 11.8. The zero-order valence-electron chi connectivity index (χ0n) is 10.5. The number of pyridine rings is 1. The maximum Gasteiger partial charge on any atom is 0.405 e. The first-order valence-corrected chi connectivity index (χ1v) is 6.45. The predicted octanol–water partition coefficient (Wildman–Crippen LogP) is 4.21. The highest BCUT2D eigenvalue weighted by Gasteiger charge is 2.31. The highest BCUT2D eigenvalue weighted by Crippen LogP contribution is 2.32. The summed E-state index contributed by atoms with van der Waals surface area (Å²) in [6.45, 7) is 3.02. The second-order valence-electron chi connectivity index (χ2n) is 3.78. The molecule has 0 aromatic carbocycles. The van der Waals surface area contributed by atoms with Gasteiger partial charge in [0.1, 0.15) is 18.2 Å². The van der Waals surface area contributed by atoms with Crippen molar-refractivity contribution < 1.29 is 13.2 Å². The van der Waals surface area contributed by atoms with Gasteiger partial charge in [0, 0.05) is 13.1 Å². The highest BCUT2D eigenvalue weighted by molar-refractivity contribution is 6.37. The molecule has 0 aliphatic carbocycles. The third-order valence-corrected chi connectivity index (χ3v) is 2.87. The van der Waals surface area contributed by atoms with E-state index < -0.39 is 12.7 Å². The Morgan fingerprint density at radius 1 is 1.26 bits per heavy atom. The Kier molecular flexibility index (Phi) is 5.55. The third kappa shape index (κ3) is 4.62. The molecule has 0 aliphatic rings. The molecule has 3 nitrogen and oxygen atoms in total. The van der Waals surface area contributed by atoms with Crippen LogP contribution in [0.1, 0.15) is 13.8 Å². The summed E-state index contributed by atoms with van der Waals surface area (Å²) in [4.78, 5) is 5.12. The fourth-order valence-electron chi connectivity index (χ4n) is 1.52. The maximum absolute atomic E-state index is 12.5. The topological polar surface area (TPSA) is 28.2 Å². The summed E-state index contributed by atoms with van der Waals surface area (Å²) < 4.78 is 37.5. The molecule has 0 amide bonds. The Morgan fingerprint density at radius 3 is 2.37 bits per heavy atom. The van der Waals surface area contributed by atoms with Crippen LogP contribution in [-0.4, -0.2) is 30.8 Å². The molecule has 19 heavy (non-hydrogen) atoms. The fraction of sp³-hybridized carbons (Fsp3) is 0.545. The Bertz CT molecular complexity index is 438. The average molecular weight is 316 g/mol. The van der Waals surface area contributed by atoms with Gasteiger partial charge in [-0.2, -0.15) is 13.2 Å². The first-order valence-electron chi connectivity index (χ1n) is 5.70. The third-order valence-electron chi connectivity index (χ3n) is 2.31. The van der Waals surface area contributed by atoms with Crippen molar-refractivity contribution in [1.29, 1.82) is 0 Å². The monoisotopic (exact) mass is 315 g/mol. The smallest absolute Gasteiger partial charge is 0.369 e. The number of hydrogen-bond donors (Lipinski definition) is 1. The molecule has 1 aromatic rings. The number of alkyl halides is 3. The first kappa shape index (κ1) is 16.2. The molecule has 1 rings (SSSR count). The number of aromatic nitrogens is 1. The van der Waals surface area contributed by atoms with E-state index in [1.54, 1.807) is 6.92 Å². The van der Waals surface area contributed by atoms with E-state index in [4.69, 9.17) is 23.2 Å². The van der Waals surface area contributed by atoms with Crippen LogP contribution in [0.25, 0.3) is 0 Å². The van der Waals surface area contributed by atoms with Gasteiger partial charge in [0.05, 0.1) is 10.0 Å². The maximum atomic E-state index is 12.5. The summed E-state index contributed by atoms with van der Waals surface area (Å²) in [5, 5.41) is 3.25. The van der Waals surface area contributed by atoms with E-state index in [0.29, 0.717) is 12.4 Å². The van der Waals surface area contributed by atoms with E-state index >= 15 is 0 Å². The number of halogens is 5. The lowest BCUT2D eigenvalue weighted by molar-refractivity contribution is -0.119. The minimum atomic E-state index is -4.32. The van der Waals surface area contributed by atoms with Crippen LogP contribution in [0.3, 0.4) is 0 Å².